The number of carbonyl (C=O) groups excluding carboxylic acids is 3. The molecule has 0 fully saturated rings. The van der Waals surface area contributed by atoms with Gasteiger partial charge in [0.25, 0.3) is 0 Å². The van der Waals surface area contributed by atoms with Gasteiger partial charge in [0.05, 0.1) is 0 Å². The van der Waals surface area contributed by atoms with Crippen LogP contribution in [0.2, 0.25) is 0 Å². The lowest BCUT2D eigenvalue weighted by Crippen LogP contribution is -2.30. The van der Waals surface area contributed by atoms with Gasteiger partial charge in [0, 0.05) is 19.3 Å². The largest absolute Gasteiger partial charge is 0.462 e. The monoisotopic (exact) mass is 849 g/mol. The maximum atomic E-state index is 12.8. The first-order valence-corrected chi connectivity index (χ1v) is 26.8. The summed E-state index contributed by atoms with van der Waals surface area (Å²) in [6.45, 7) is 11.4. The second-order valence-electron chi connectivity index (χ2n) is 19.0. The summed E-state index contributed by atoms with van der Waals surface area (Å²) in [6, 6.07) is 0. The molecule has 6 heteroatoms. The van der Waals surface area contributed by atoms with Crippen molar-refractivity contribution >= 4 is 17.9 Å². The average Bonchev–Trinajstić information content (AvgIpc) is 3.25. The van der Waals surface area contributed by atoms with Crippen LogP contribution < -0.4 is 0 Å². The molecular formula is C54H104O6. The first-order chi connectivity index (χ1) is 29.3. The van der Waals surface area contributed by atoms with E-state index in [-0.39, 0.29) is 31.1 Å². The predicted molar refractivity (Wildman–Crippen MR) is 256 cm³/mol. The van der Waals surface area contributed by atoms with E-state index in [1.807, 2.05) is 0 Å². The summed E-state index contributed by atoms with van der Waals surface area (Å²) in [6.07, 6.45) is 48.0. The average molecular weight is 849 g/mol. The van der Waals surface area contributed by atoms with Crippen LogP contribution >= 0.6 is 0 Å². The van der Waals surface area contributed by atoms with E-state index in [1.54, 1.807) is 0 Å². The molecule has 3 atom stereocenters. The predicted octanol–water partition coefficient (Wildman–Crippen LogP) is 17.3. The van der Waals surface area contributed by atoms with Crippen molar-refractivity contribution in [3.63, 3.8) is 0 Å². The van der Waals surface area contributed by atoms with Crippen molar-refractivity contribution in [1.29, 1.82) is 0 Å². The Morgan fingerprint density at radius 1 is 0.333 bits per heavy atom. The smallest absolute Gasteiger partial charge is 0.306 e. The van der Waals surface area contributed by atoms with Gasteiger partial charge in [-0.15, -0.1) is 0 Å². The van der Waals surface area contributed by atoms with Gasteiger partial charge < -0.3 is 14.2 Å². The summed E-state index contributed by atoms with van der Waals surface area (Å²) in [5.74, 6) is 0.834. The third-order valence-corrected chi connectivity index (χ3v) is 12.9. The summed E-state index contributed by atoms with van der Waals surface area (Å²) in [4.78, 5) is 38.0. The summed E-state index contributed by atoms with van der Waals surface area (Å²) in [7, 11) is 0. The Kier molecular flexibility index (Phi) is 45.7. The Morgan fingerprint density at radius 3 is 0.867 bits per heavy atom. The number of ether oxygens (including phenoxy) is 3. The molecule has 60 heavy (non-hydrogen) atoms. The van der Waals surface area contributed by atoms with Crippen molar-refractivity contribution in [2.75, 3.05) is 13.2 Å². The number of esters is 3. The van der Waals surface area contributed by atoms with E-state index in [9.17, 15) is 14.4 Å². The molecule has 0 radical (unpaired) electrons. The maximum absolute atomic E-state index is 12.8. The van der Waals surface area contributed by atoms with Crippen molar-refractivity contribution < 1.29 is 28.6 Å². The van der Waals surface area contributed by atoms with Crippen LogP contribution in [0.4, 0.5) is 0 Å². The number of unbranched alkanes of at least 4 members (excludes halogenated alkanes) is 31. The van der Waals surface area contributed by atoms with E-state index in [0.717, 1.165) is 69.6 Å². The minimum absolute atomic E-state index is 0.0645. The van der Waals surface area contributed by atoms with Crippen LogP contribution in [-0.4, -0.2) is 37.2 Å². The van der Waals surface area contributed by atoms with E-state index in [4.69, 9.17) is 14.2 Å². The molecule has 0 amide bonds. The third kappa shape index (κ3) is 44.5. The SMILES string of the molecule is CCCCCCCCCCCCCCCCCCCCC(=O)O[C@@H](COC(=O)CCCCCCCCCCCCC(C)CC)COC(=O)CCCCCCCCC(C)CC. The number of carbonyl (C=O) groups is 3. The zero-order valence-corrected chi connectivity index (χ0v) is 41.1. The number of rotatable bonds is 48. The van der Waals surface area contributed by atoms with E-state index in [0.29, 0.717) is 19.3 Å². The molecule has 0 spiro atoms. The van der Waals surface area contributed by atoms with Gasteiger partial charge in [0.1, 0.15) is 13.2 Å². The Labute approximate surface area is 374 Å². The van der Waals surface area contributed by atoms with Crippen molar-refractivity contribution in [2.45, 2.75) is 304 Å². The quantitative estimate of drug-likeness (QED) is 0.0345. The maximum Gasteiger partial charge on any atom is 0.306 e. The van der Waals surface area contributed by atoms with Crippen molar-refractivity contribution in [3.8, 4) is 0 Å². The molecule has 0 aromatic carbocycles. The molecule has 0 heterocycles. The van der Waals surface area contributed by atoms with E-state index in [2.05, 4.69) is 34.6 Å². The normalized spacial score (nSPS) is 12.9. The summed E-state index contributed by atoms with van der Waals surface area (Å²) in [5, 5.41) is 0. The molecule has 0 saturated heterocycles. The highest BCUT2D eigenvalue weighted by Crippen LogP contribution is 2.18. The molecular weight excluding hydrogens is 745 g/mol. The van der Waals surface area contributed by atoms with Gasteiger partial charge >= 0.3 is 17.9 Å². The van der Waals surface area contributed by atoms with Crippen LogP contribution in [0.3, 0.4) is 0 Å². The van der Waals surface area contributed by atoms with Gasteiger partial charge in [-0.2, -0.15) is 0 Å². The standard InChI is InChI=1S/C54H104O6/c1-6-9-10-11-12-13-14-15-16-17-18-19-20-21-26-29-36-41-46-54(57)60-51(48-59-53(56)45-40-35-31-30-33-38-43-50(5)8-3)47-58-52(55)44-39-34-28-25-23-22-24-27-32-37-42-49(4)7-2/h49-51H,6-48H2,1-5H3/t49?,50?,51-/m0/s1. The molecule has 2 unspecified atom stereocenters. The topological polar surface area (TPSA) is 78.9 Å². The highest BCUT2D eigenvalue weighted by atomic mass is 16.6. The fourth-order valence-corrected chi connectivity index (χ4v) is 8.10. The zero-order valence-electron chi connectivity index (χ0n) is 41.1. The molecule has 0 aliphatic heterocycles. The van der Waals surface area contributed by atoms with Crippen LogP contribution in [0.15, 0.2) is 0 Å². The van der Waals surface area contributed by atoms with Crippen LogP contribution in [0, 0.1) is 11.8 Å². The lowest BCUT2D eigenvalue weighted by Gasteiger charge is -2.18. The van der Waals surface area contributed by atoms with Gasteiger partial charge in [0.2, 0.25) is 0 Å². The van der Waals surface area contributed by atoms with Crippen LogP contribution in [0.25, 0.3) is 0 Å². The van der Waals surface area contributed by atoms with E-state index in [1.165, 1.54) is 186 Å². The molecule has 0 saturated carbocycles. The van der Waals surface area contributed by atoms with E-state index >= 15 is 0 Å². The van der Waals surface area contributed by atoms with Crippen LogP contribution in [0.5, 0.6) is 0 Å². The van der Waals surface area contributed by atoms with Gasteiger partial charge in [0.15, 0.2) is 6.10 Å². The molecule has 0 rings (SSSR count). The first-order valence-electron chi connectivity index (χ1n) is 26.8. The fourth-order valence-electron chi connectivity index (χ4n) is 8.10. The molecule has 6 nitrogen and oxygen atoms in total. The van der Waals surface area contributed by atoms with Crippen LogP contribution in [-0.2, 0) is 28.6 Å². The van der Waals surface area contributed by atoms with Crippen molar-refractivity contribution in [1.82, 2.24) is 0 Å². The van der Waals surface area contributed by atoms with Crippen LogP contribution in [0.1, 0.15) is 298 Å². The minimum Gasteiger partial charge on any atom is -0.462 e. The van der Waals surface area contributed by atoms with Gasteiger partial charge in [-0.25, -0.2) is 0 Å². The first kappa shape index (κ1) is 58.4. The molecule has 0 aromatic heterocycles. The molecule has 0 aliphatic rings. The van der Waals surface area contributed by atoms with Crippen molar-refractivity contribution in [3.05, 3.63) is 0 Å². The summed E-state index contributed by atoms with van der Waals surface area (Å²) < 4.78 is 16.8. The van der Waals surface area contributed by atoms with Crippen molar-refractivity contribution in [2.24, 2.45) is 11.8 Å². The molecule has 0 N–H and O–H groups in total. The summed E-state index contributed by atoms with van der Waals surface area (Å²) >= 11 is 0. The highest BCUT2D eigenvalue weighted by Gasteiger charge is 2.19. The molecule has 356 valence electrons. The van der Waals surface area contributed by atoms with Gasteiger partial charge in [-0.05, 0) is 31.1 Å². The third-order valence-electron chi connectivity index (χ3n) is 12.9. The number of hydrogen-bond acceptors (Lipinski definition) is 6. The Bertz CT molecular complexity index is 920. The summed E-state index contributed by atoms with van der Waals surface area (Å²) in [5.41, 5.74) is 0. The Balaban J connectivity index is 4.28. The lowest BCUT2D eigenvalue weighted by molar-refractivity contribution is -0.167. The van der Waals surface area contributed by atoms with Gasteiger partial charge in [-0.1, -0.05) is 259 Å². The Hall–Kier alpha value is -1.59. The van der Waals surface area contributed by atoms with E-state index < -0.39 is 6.10 Å². The fraction of sp³-hybridized carbons (Fsp3) is 0.944. The zero-order chi connectivity index (χ0) is 44.0. The highest BCUT2D eigenvalue weighted by molar-refractivity contribution is 5.71. The minimum atomic E-state index is -0.762. The second kappa shape index (κ2) is 46.9. The molecule has 0 aliphatic carbocycles. The molecule has 0 aromatic rings. The lowest BCUT2D eigenvalue weighted by atomic mass is 9.99. The second-order valence-corrected chi connectivity index (χ2v) is 19.0. The van der Waals surface area contributed by atoms with Gasteiger partial charge in [-0.3, -0.25) is 14.4 Å². The number of hydrogen-bond donors (Lipinski definition) is 0. The Morgan fingerprint density at radius 2 is 0.583 bits per heavy atom. The molecule has 0 bridgehead atoms.